The summed E-state index contributed by atoms with van der Waals surface area (Å²) >= 11 is 6.12. The summed E-state index contributed by atoms with van der Waals surface area (Å²) < 4.78 is 25.4. The van der Waals surface area contributed by atoms with Gasteiger partial charge in [0.15, 0.2) is 0 Å². The smallest absolute Gasteiger partial charge is 0.237 e. The third-order valence-corrected chi connectivity index (χ3v) is 5.62. The lowest BCUT2D eigenvalue weighted by Gasteiger charge is -2.24. The number of amides is 1. The fourth-order valence-electron chi connectivity index (χ4n) is 2.43. The number of benzene rings is 2. The number of nitrogens with zero attached hydrogens (tertiary/aromatic N) is 2. The fraction of sp³-hybridized carbons (Fsp3) is 0.316. The van der Waals surface area contributed by atoms with Crippen molar-refractivity contribution >= 4 is 27.5 Å². The fourth-order valence-corrected chi connectivity index (χ4v) is 3.35. The van der Waals surface area contributed by atoms with Crippen LogP contribution in [0.1, 0.15) is 16.7 Å². The number of likely N-dealkylation sites (N-methyl/N-ethyl adjacent to an activating group) is 1. The van der Waals surface area contributed by atoms with Crippen molar-refractivity contribution in [2.75, 3.05) is 19.8 Å². The molecular weight excluding hydrogens is 372 g/mol. The zero-order valence-electron chi connectivity index (χ0n) is 15.1. The second-order valence-electron chi connectivity index (χ2n) is 6.36. The molecule has 2 aromatic carbocycles. The van der Waals surface area contributed by atoms with Gasteiger partial charge < -0.3 is 4.90 Å². The SMILES string of the molecule is Cc1ccc(CN(C)C(=O)CN(Cc2ccccc2Cl)S(C)(=O)=O)cc1. The highest BCUT2D eigenvalue weighted by Gasteiger charge is 2.23. The molecule has 140 valence electrons. The van der Waals surface area contributed by atoms with E-state index in [0.29, 0.717) is 17.1 Å². The Kier molecular flexibility index (Phi) is 6.81. The zero-order chi connectivity index (χ0) is 19.3. The molecule has 2 aromatic rings. The van der Waals surface area contributed by atoms with Crippen molar-refractivity contribution in [2.24, 2.45) is 0 Å². The Morgan fingerprint density at radius 1 is 1.04 bits per heavy atom. The molecule has 1 amide bonds. The second kappa shape index (κ2) is 8.66. The molecule has 2 rings (SSSR count). The van der Waals surface area contributed by atoms with Crippen LogP contribution in [0.5, 0.6) is 0 Å². The third kappa shape index (κ3) is 5.83. The molecule has 0 radical (unpaired) electrons. The molecule has 26 heavy (non-hydrogen) atoms. The lowest BCUT2D eigenvalue weighted by Crippen LogP contribution is -2.40. The molecule has 0 heterocycles. The average molecular weight is 395 g/mol. The Labute approximate surface area is 160 Å². The van der Waals surface area contributed by atoms with Gasteiger partial charge in [0, 0.05) is 25.2 Å². The summed E-state index contributed by atoms with van der Waals surface area (Å²) in [4.78, 5) is 14.1. The van der Waals surface area contributed by atoms with E-state index in [2.05, 4.69) is 0 Å². The highest BCUT2D eigenvalue weighted by atomic mass is 35.5. The molecule has 0 saturated heterocycles. The number of halogens is 1. The first kappa shape index (κ1) is 20.4. The van der Waals surface area contributed by atoms with Crippen LogP contribution in [0.2, 0.25) is 5.02 Å². The maximum absolute atomic E-state index is 12.5. The first-order valence-electron chi connectivity index (χ1n) is 8.15. The lowest BCUT2D eigenvalue weighted by molar-refractivity contribution is -0.130. The molecular formula is C19H23ClN2O3S. The minimum atomic E-state index is -3.56. The van der Waals surface area contributed by atoms with Gasteiger partial charge in [0.05, 0.1) is 12.8 Å². The van der Waals surface area contributed by atoms with Gasteiger partial charge in [-0.2, -0.15) is 4.31 Å². The zero-order valence-corrected chi connectivity index (χ0v) is 16.7. The third-order valence-electron chi connectivity index (χ3n) is 4.05. The van der Waals surface area contributed by atoms with Crippen molar-refractivity contribution in [1.29, 1.82) is 0 Å². The quantitative estimate of drug-likeness (QED) is 0.725. The Morgan fingerprint density at radius 2 is 1.65 bits per heavy atom. The van der Waals surface area contributed by atoms with Gasteiger partial charge in [-0.05, 0) is 24.1 Å². The summed E-state index contributed by atoms with van der Waals surface area (Å²) in [6.07, 6.45) is 1.09. The molecule has 0 aliphatic heterocycles. The van der Waals surface area contributed by atoms with Gasteiger partial charge in [-0.25, -0.2) is 8.42 Å². The number of carbonyl (C=O) groups excluding carboxylic acids is 1. The van der Waals surface area contributed by atoms with Gasteiger partial charge in [-0.15, -0.1) is 0 Å². The summed E-state index contributed by atoms with van der Waals surface area (Å²) in [5.41, 5.74) is 2.79. The molecule has 0 bridgehead atoms. The summed E-state index contributed by atoms with van der Waals surface area (Å²) in [7, 11) is -1.89. The van der Waals surface area contributed by atoms with Gasteiger partial charge in [-0.1, -0.05) is 59.6 Å². The number of sulfonamides is 1. The van der Waals surface area contributed by atoms with E-state index in [9.17, 15) is 13.2 Å². The van der Waals surface area contributed by atoms with E-state index in [1.807, 2.05) is 31.2 Å². The Bertz CT molecular complexity index is 867. The predicted octanol–water partition coefficient (Wildman–Crippen LogP) is 3.07. The topological polar surface area (TPSA) is 57.7 Å². The van der Waals surface area contributed by atoms with Crippen LogP contribution in [0.15, 0.2) is 48.5 Å². The average Bonchev–Trinajstić information content (AvgIpc) is 2.57. The maximum atomic E-state index is 12.5. The number of carbonyl (C=O) groups is 1. The van der Waals surface area contributed by atoms with E-state index in [-0.39, 0.29) is 19.0 Å². The summed E-state index contributed by atoms with van der Waals surface area (Å²) in [6.45, 7) is 2.25. The normalized spacial score (nSPS) is 11.6. The summed E-state index contributed by atoms with van der Waals surface area (Å²) in [6, 6.07) is 14.9. The van der Waals surface area contributed by atoms with Crippen LogP contribution in [0, 0.1) is 6.92 Å². The molecule has 5 nitrogen and oxygen atoms in total. The molecule has 0 N–H and O–H groups in total. The first-order valence-corrected chi connectivity index (χ1v) is 10.4. The highest BCUT2D eigenvalue weighted by molar-refractivity contribution is 7.88. The van der Waals surface area contributed by atoms with E-state index >= 15 is 0 Å². The molecule has 0 aromatic heterocycles. The van der Waals surface area contributed by atoms with Crippen molar-refractivity contribution in [3.05, 3.63) is 70.2 Å². The standard InChI is InChI=1S/C19H23ClN2O3S/c1-15-8-10-16(11-9-15)12-21(2)19(23)14-22(26(3,24)25)13-17-6-4-5-7-18(17)20/h4-11H,12-14H2,1-3H3. The molecule has 0 spiro atoms. The van der Waals surface area contributed by atoms with E-state index < -0.39 is 10.0 Å². The van der Waals surface area contributed by atoms with E-state index in [4.69, 9.17) is 11.6 Å². The molecule has 0 atom stereocenters. The molecule has 7 heteroatoms. The van der Waals surface area contributed by atoms with Gasteiger partial charge in [-0.3, -0.25) is 4.79 Å². The van der Waals surface area contributed by atoms with Crippen molar-refractivity contribution in [1.82, 2.24) is 9.21 Å². The van der Waals surface area contributed by atoms with Crippen LogP contribution in [0.25, 0.3) is 0 Å². The van der Waals surface area contributed by atoms with Crippen LogP contribution in [-0.2, 0) is 27.9 Å². The molecule has 0 unspecified atom stereocenters. The maximum Gasteiger partial charge on any atom is 0.237 e. The molecule has 0 aliphatic carbocycles. The first-order chi connectivity index (χ1) is 12.2. The van der Waals surface area contributed by atoms with E-state index in [1.165, 1.54) is 4.90 Å². The van der Waals surface area contributed by atoms with E-state index in [0.717, 1.165) is 21.7 Å². The lowest BCUT2D eigenvalue weighted by atomic mass is 10.1. The van der Waals surface area contributed by atoms with Crippen LogP contribution >= 0.6 is 11.6 Å². The minimum absolute atomic E-state index is 0.0582. The van der Waals surface area contributed by atoms with Crippen molar-refractivity contribution < 1.29 is 13.2 Å². The predicted molar refractivity (Wildman–Crippen MR) is 104 cm³/mol. The molecule has 0 fully saturated rings. The van der Waals surface area contributed by atoms with Crippen LogP contribution in [-0.4, -0.2) is 43.4 Å². The summed E-state index contributed by atoms with van der Waals surface area (Å²) in [5, 5.41) is 0.474. The number of hydrogen-bond acceptors (Lipinski definition) is 3. The van der Waals surface area contributed by atoms with Crippen LogP contribution in [0.3, 0.4) is 0 Å². The van der Waals surface area contributed by atoms with Crippen LogP contribution in [0.4, 0.5) is 0 Å². The Morgan fingerprint density at radius 3 is 2.23 bits per heavy atom. The van der Waals surface area contributed by atoms with Crippen molar-refractivity contribution in [2.45, 2.75) is 20.0 Å². The van der Waals surface area contributed by atoms with Gasteiger partial charge in [0.1, 0.15) is 0 Å². The van der Waals surface area contributed by atoms with Crippen molar-refractivity contribution in [3.8, 4) is 0 Å². The Balaban J connectivity index is 2.08. The van der Waals surface area contributed by atoms with Crippen molar-refractivity contribution in [3.63, 3.8) is 0 Å². The number of hydrogen-bond donors (Lipinski definition) is 0. The van der Waals surface area contributed by atoms with Crippen LogP contribution < -0.4 is 0 Å². The van der Waals surface area contributed by atoms with Gasteiger partial charge >= 0.3 is 0 Å². The highest BCUT2D eigenvalue weighted by Crippen LogP contribution is 2.18. The largest absolute Gasteiger partial charge is 0.340 e. The number of aryl methyl sites for hydroxylation is 1. The molecule has 0 saturated carbocycles. The second-order valence-corrected chi connectivity index (χ2v) is 8.75. The van der Waals surface area contributed by atoms with E-state index in [1.54, 1.807) is 31.3 Å². The molecule has 0 aliphatic rings. The number of rotatable bonds is 7. The minimum Gasteiger partial charge on any atom is -0.340 e. The van der Waals surface area contributed by atoms with Gasteiger partial charge in [0.25, 0.3) is 0 Å². The Hall–Kier alpha value is -1.89. The monoisotopic (exact) mass is 394 g/mol. The van der Waals surface area contributed by atoms with Gasteiger partial charge in [0.2, 0.25) is 15.9 Å². The summed E-state index contributed by atoms with van der Waals surface area (Å²) in [5.74, 6) is -0.275.